The quantitative estimate of drug-likeness (QED) is 0.145. The average Bonchev–Trinajstić information content (AvgIpc) is 2.99. The Labute approximate surface area is 244 Å². The highest BCUT2D eigenvalue weighted by Crippen LogP contribution is 2.41. The molecule has 1 fully saturated rings. The third-order valence-electron chi connectivity index (χ3n) is 8.20. The summed E-state index contributed by atoms with van der Waals surface area (Å²) in [5.41, 5.74) is -0.212. The lowest BCUT2D eigenvalue weighted by Crippen LogP contribution is -2.16. The lowest BCUT2D eigenvalue weighted by Gasteiger charge is -2.29. The summed E-state index contributed by atoms with van der Waals surface area (Å²) in [5.74, 6) is -6.97. The molecule has 4 rings (SSSR count). The van der Waals surface area contributed by atoms with Crippen LogP contribution in [0.4, 0.5) is 26.3 Å². The molecule has 0 atom stereocenters. The van der Waals surface area contributed by atoms with Crippen LogP contribution in [-0.4, -0.2) is 13.2 Å². The van der Waals surface area contributed by atoms with Crippen molar-refractivity contribution in [3.63, 3.8) is 0 Å². The Kier molecular flexibility index (Phi) is 11.2. The van der Waals surface area contributed by atoms with Crippen molar-refractivity contribution in [2.24, 2.45) is 5.92 Å². The van der Waals surface area contributed by atoms with Gasteiger partial charge in [-0.15, -0.1) is 0 Å². The highest BCUT2D eigenvalue weighted by Gasteiger charge is 2.28. The molecule has 8 heteroatoms. The Bertz CT molecular complexity index is 1350. The number of halogens is 6. The summed E-state index contributed by atoms with van der Waals surface area (Å²) in [6, 6.07) is 8.20. The molecule has 0 bridgehead atoms. The van der Waals surface area contributed by atoms with E-state index in [0.29, 0.717) is 44.3 Å². The van der Waals surface area contributed by atoms with Gasteiger partial charge in [-0.3, -0.25) is 0 Å². The molecule has 1 aliphatic rings. The van der Waals surface area contributed by atoms with Crippen LogP contribution in [-0.2, 0) is 6.42 Å². The minimum atomic E-state index is -1.29. The number of ether oxygens (including phenoxy) is 2. The van der Waals surface area contributed by atoms with Crippen LogP contribution < -0.4 is 9.47 Å². The summed E-state index contributed by atoms with van der Waals surface area (Å²) < 4.78 is 99.3. The molecule has 1 saturated carbocycles. The Morgan fingerprint density at radius 3 is 1.71 bits per heavy atom. The molecular formula is C34H38F6O2. The zero-order valence-electron chi connectivity index (χ0n) is 24.2. The maximum Gasteiger partial charge on any atom is 0.201 e. The van der Waals surface area contributed by atoms with Gasteiger partial charge in [-0.2, -0.15) is 8.78 Å². The van der Waals surface area contributed by atoms with E-state index in [-0.39, 0.29) is 46.6 Å². The molecule has 0 unspecified atom stereocenters. The zero-order chi connectivity index (χ0) is 30.2. The van der Waals surface area contributed by atoms with E-state index in [0.717, 1.165) is 32.1 Å². The van der Waals surface area contributed by atoms with Crippen LogP contribution in [0.25, 0.3) is 11.1 Å². The van der Waals surface area contributed by atoms with E-state index in [1.807, 2.05) is 13.8 Å². The van der Waals surface area contributed by atoms with Crippen molar-refractivity contribution in [3.05, 3.63) is 82.4 Å². The van der Waals surface area contributed by atoms with Crippen LogP contribution in [0.15, 0.2) is 36.4 Å². The van der Waals surface area contributed by atoms with Crippen molar-refractivity contribution >= 4 is 0 Å². The second kappa shape index (κ2) is 14.8. The summed E-state index contributed by atoms with van der Waals surface area (Å²) in [7, 11) is 0. The fraction of sp³-hybridized carbons (Fsp3) is 0.471. The molecule has 2 nitrogen and oxygen atoms in total. The molecule has 0 spiro atoms. The molecule has 0 aromatic heterocycles. The van der Waals surface area contributed by atoms with Gasteiger partial charge in [-0.25, -0.2) is 17.6 Å². The average molecular weight is 593 g/mol. The molecule has 1 aliphatic carbocycles. The van der Waals surface area contributed by atoms with Gasteiger partial charge in [-0.05, 0) is 92.5 Å². The van der Waals surface area contributed by atoms with Crippen molar-refractivity contribution in [3.8, 4) is 22.6 Å². The van der Waals surface area contributed by atoms with Crippen LogP contribution in [0.1, 0.15) is 88.7 Å². The molecule has 3 aromatic carbocycles. The van der Waals surface area contributed by atoms with Crippen LogP contribution >= 0.6 is 0 Å². The molecule has 3 aromatic rings. The van der Waals surface area contributed by atoms with Crippen LogP contribution in [0.5, 0.6) is 11.5 Å². The van der Waals surface area contributed by atoms with Crippen molar-refractivity contribution in [1.29, 1.82) is 0 Å². The van der Waals surface area contributed by atoms with Gasteiger partial charge in [0.15, 0.2) is 34.8 Å². The number of hydrogen-bond donors (Lipinski definition) is 0. The molecule has 228 valence electrons. The third kappa shape index (κ3) is 7.24. The van der Waals surface area contributed by atoms with Gasteiger partial charge in [0.05, 0.1) is 13.2 Å². The van der Waals surface area contributed by atoms with Crippen LogP contribution in [0.3, 0.4) is 0 Å². The first-order valence-electron chi connectivity index (χ1n) is 14.9. The van der Waals surface area contributed by atoms with Crippen molar-refractivity contribution in [2.75, 3.05) is 13.2 Å². The Hall–Kier alpha value is -3.16. The fourth-order valence-corrected chi connectivity index (χ4v) is 5.59. The zero-order valence-corrected chi connectivity index (χ0v) is 24.2. The lowest BCUT2D eigenvalue weighted by molar-refractivity contribution is 0.286. The predicted octanol–water partition coefficient (Wildman–Crippen LogP) is 10.5. The maximum atomic E-state index is 15.2. The van der Waals surface area contributed by atoms with Gasteiger partial charge in [0, 0.05) is 11.1 Å². The van der Waals surface area contributed by atoms with Crippen molar-refractivity contribution < 1.29 is 35.8 Å². The third-order valence-corrected chi connectivity index (χ3v) is 8.20. The smallest absolute Gasteiger partial charge is 0.201 e. The van der Waals surface area contributed by atoms with Gasteiger partial charge in [0.1, 0.15) is 0 Å². The topological polar surface area (TPSA) is 18.5 Å². The standard InChI is InChI=1S/C34H38F6O2/c1-3-5-19-41-27-17-13-23(29(35)33(27)39)12-9-21-7-10-22(11-8-21)24-14-15-25(31(37)30(24)36)26-16-18-28(34(40)32(26)38)42-20-6-4-2/h13-18,21-22H,3-12,19-20H2,1-2H3. The SMILES string of the molecule is CCCCOc1ccc(CCC2CCC(c3ccc(-c4ccc(OCCCC)c(F)c4F)c(F)c3F)CC2)c(F)c1F. The highest BCUT2D eigenvalue weighted by molar-refractivity contribution is 5.66. The largest absolute Gasteiger partial charge is 0.490 e. The number of unbranched alkanes of at least 4 members (excludes halogenated alkanes) is 2. The molecule has 42 heavy (non-hydrogen) atoms. The molecule has 0 saturated heterocycles. The van der Waals surface area contributed by atoms with E-state index in [4.69, 9.17) is 9.47 Å². The van der Waals surface area contributed by atoms with Gasteiger partial charge in [0.25, 0.3) is 0 Å². The summed E-state index contributed by atoms with van der Waals surface area (Å²) in [5, 5.41) is 0. The van der Waals surface area contributed by atoms with Gasteiger partial charge < -0.3 is 9.47 Å². The molecule has 0 N–H and O–H groups in total. The van der Waals surface area contributed by atoms with E-state index in [1.165, 1.54) is 30.3 Å². The minimum Gasteiger partial charge on any atom is -0.490 e. The lowest BCUT2D eigenvalue weighted by atomic mass is 9.76. The van der Waals surface area contributed by atoms with E-state index < -0.39 is 34.9 Å². The van der Waals surface area contributed by atoms with E-state index in [9.17, 15) is 17.6 Å². The van der Waals surface area contributed by atoms with E-state index in [1.54, 1.807) is 6.07 Å². The number of benzene rings is 3. The highest BCUT2D eigenvalue weighted by atomic mass is 19.2. The Morgan fingerprint density at radius 1 is 0.595 bits per heavy atom. The number of hydrogen-bond acceptors (Lipinski definition) is 2. The fourth-order valence-electron chi connectivity index (χ4n) is 5.59. The van der Waals surface area contributed by atoms with Gasteiger partial charge in [-0.1, -0.05) is 44.9 Å². The van der Waals surface area contributed by atoms with Crippen LogP contribution in [0.2, 0.25) is 0 Å². The van der Waals surface area contributed by atoms with E-state index in [2.05, 4.69) is 0 Å². The maximum absolute atomic E-state index is 15.2. The molecular weight excluding hydrogens is 554 g/mol. The van der Waals surface area contributed by atoms with Crippen molar-refractivity contribution in [1.82, 2.24) is 0 Å². The van der Waals surface area contributed by atoms with E-state index >= 15 is 8.78 Å². The number of rotatable bonds is 13. The second-order valence-corrected chi connectivity index (χ2v) is 11.1. The first kappa shape index (κ1) is 31.8. The summed E-state index contributed by atoms with van der Waals surface area (Å²) >= 11 is 0. The predicted molar refractivity (Wildman–Crippen MR) is 152 cm³/mol. The first-order chi connectivity index (χ1) is 20.3. The summed E-state index contributed by atoms with van der Waals surface area (Å²) in [6.07, 6.45) is 6.84. The summed E-state index contributed by atoms with van der Waals surface area (Å²) in [4.78, 5) is 0. The molecule has 0 radical (unpaired) electrons. The molecule has 0 aliphatic heterocycles. The monoisotopic (exact) mass is 592 g/mol. The summed E-state index contributed by atoms with van der Waals surface area (Å²) in [6.45, 7) is 4.48. The van der Waals surface area contributed by atoms with Crippen molar-refractivity contribution in [2.45, 2.75) is 84.0 Å². The second-order valence-electron chi connectivity index (χ2n) is 11.1. The Morgan fingerprint density at radius 2 is 1.12 bits per heavy atom. The van der Waals surface area contributed by atoms with Gasteiger partial charge in [0.2, 0.25) is 11.6 Å². The molecule has 0 heterocycles. The molecule has 0 amide bonds. The first-order valence-corrected chi connectivity index (χ1v) is 14.9. The Balaban J connectivity index is 1.37. The minimum absolute atomic E-state index is 0.0770. The van der Waals surface area contributed by atoms with Gasteiger partial charge >= 0.3 is 0 Å². The normalized spacial score (nSPS) is 17.0. The van der Waals surface area contributed by atoms with Crippen LogP contribution in [0, 0.1) is 40.8 Å². The number of aryl methyl sites for hydroxylation is 1.